The molecule has 0 aliphatic carbocycles. The fourth-order valence-corrected chi connectivity index (χ4v) is 2.12. The van der Waals surface area contributed by atoms with Gasteiger partial charge in [0.15, 0.2) is 0 Å². The third-order valence-corrected chi connectivity index (χ3v) is 3.43. The van der Waals surface area contributed by atoms with Gasteiger partial charge in [0.1, 0.15) is 0 Å². The molecule has 1 atom stereocenters. The lowest BCUT2D eigenvalue weighted by Crippen LogP contribution is -2.32. The number of carboxylic acid groups (broad SMARTS) is 1. The topological polar surface area (TPSA) is 66.4 Å². The van der Waals surface area contributed by atoms with Crippen LogP contribution in [0.2, 0.25) is 0 Å². The molecule has 122 valence electrons. The third-order valence-electron chi connectivity index (χ3n) is 3.43. The van der Waals surface area contributed by atoms with Crippen molar-refractivity contribution in [1.29, 1.82) is 0 Å². The smallest absolute Gasteiger partial charge is 0.304 e. The van der Waals surface area contributed by atoms with Crippen LogP contribution in [0.1, 0.15) is 71.6 Å². The molecule has 0 aromatic rings. The van der Waals surface area contributed by atoms with Crippen molar-refractivity contribution in [3.05, 3.63) is 12.2 Å². The van der Waals surface area contributed by atoms with E-state index in [1.165, 1.54) is 12.8 Å². The number of unbranched alkanes of at least 4 members (excludes halogenated alkanes) is 5. The van der Waals surface area contributed by atoms with E-state index in [1.807, 2.05) is 6.08 Å². The molecule has 1 amide bonds. The van der Waals surface area contributed by atoms with Crippen molar-refractivity contribution in [2.75, 3.05) is 6.54 Å². The Labute approximate surface area is 129 Å². The Morgan fingerprint density at radius 3 is 2.33 bits per heavy atom. The van der Waals surface area contributed by atoms with Crippen molar-refractivity contribution < 1.29 is 14.7 Å². The lowest BCUT2D eigenvalue weighted by molar-refractivity contribution is -0.141. The van der Waals surface area contributed by atoms with Crippen molar-refractivity contribution in [3.63, 3.8) is 0 Å². The van der Waals surface area contributed by atoms with Crippen LogP contribution in [0.3, 0.4) is 0 Å². The van der Waals surface area contributed by atoms with Crippen LogP contribution >= 0.6 is 0 Å². The second-order valence-corrected chi connectivity index (χ2v) is 5.50. The van der Waals surface area contributed by atoms with Gasteiger partial charge in [0, 0.05) is 6.54 Å². The fourth-order valence-electron chi connectivity index (χ4n) is 2.12. The Kier molecular flexibility index (Phi) is 12.8. The first-order chi connectivity index (χ1) is 10.1. The van der Waals surface area contributed by atoms with Crippen molar-refractivity contribution in [2.45, 2.75) is 71.6 Å². The molecular formula is C17H31NO3. The van der Waals surface area contributed by atoms with E-state index in [4.69, 9.17) is 5.11 Å². The van der Waals surface area contributed by atoms with Crippen LogP contribution in [0.15, 0.2) is 12.2 Å². The first-order valence-electron chi connectivity index (χ1n) is 8.26. The molecule has 0 aliphatic rings. The van der Waals surface area contributed by atoms with Crippen molar-refractivity contribution in [3.8, 4) is 0 Å². The highest BCUT2D eigenvalue weighted by Crippen LogP contribution is 2.11. The van der Waals surface area contributed by atoms with Gasteiger partial charge in [-0.3, -0.25) is 9.59 Å². The maximum absolute atomic E-state index is 12.0. The summed E-state index contributed by atoms with van der Waals surface area (Å²) in [5, 5.41) is 11.8. The summed E-state index contributed by atoms with van der Waals surface area (Å²) in [6, 6.07) is 0. The fraction of sp³-hybridized carbons (Fsp3) is 0.765. The SMILES string of the molecule is CCCCC/C=C/CC(CC(=O)O)C(=O)NCCCCC. The summed E-state index contributed by atoms with van der Waals surface area (Å²) in [4.78, 5) is 22.9. The molecule has 0 radical (unpaired) electrons. The highest BCUT2D eigenvalue weighted by Gasteiger charge is 2.19. The molecule has 0 spiro atoms. The molecule has 0 rings (SSSR count). The van der Waals surface area contributed by atoms with E-state index in [0.717, 1.165) is 32.1 Å². The van der Waals surface area contributed by atoms with E-state index < -0.39 is 11.9 Å². The van der Waals surface area contributed by atoms with Gasteiger partial charge in [0.2, 0.25) is 5.91 Å². The maximum atomic E-state index is 12.0. The zero-order valence-corrected chi connectivity index (χ0v) is 13.6. The van der Waals surface area contributed by atoms with E-state index in [1.54, 1.807) is 0 Å². The number of carbonyl (C=O) groups excluding carboxylic acids is 1. The van der Waals surface area contributed by atoms with Gasteiger partial charge in [0.05, 0.1) is 12.3 Å². The van der Waals surface area contributed by atoms with Gasteiger partial charge in [-0.25, -0.2) is 0 Å². The van der Waals surface area contributed by atoms with Crippen LogP contribution in [0.4, 0.5) is 0 Å². The van der Waals surface area contributed by atoms with E-state index >= 15 is 0 Å². The normalized spacial score (nSPS) is 12.5. The summed E-state index contributed by atoms with van der Waals surface area (Å²) in [5.41, 5.74) is 0. The highest BCUT2D eigenvalue weighted by atomic mass is 16.4. The second-order valence-electron chi connectivity index (χ2n) is 5.50. The van der Waals surface area contributed by atoms with E-state index in [0.29, 0.717) is 13.0 Å². The summed E-state index contributed by atoms with van der Waals surface area (Å²) >= 11 is 0. The summed E-state index contributed by atoms with van der Waals surface area (Å²) in [7, 11) is 0. The minimum atomic E-state index is -0.914. The molecule has 4 heteroatoms. The molecule has 0 aromatic heterocycles. The number of rotatable bonds is 13. The predicted molar refractivity (Wildman–Crippen MR) is 86.2 cm³/mol. The van der Waals surface area contributed by atoms with Gasteiger partial charge in [-0.05, 0) is 25.7 Å². The number of allylic oxidation sites excluding steroid dienone is 2. The largest absolute Gasteiger partial charge is 0.481 e. The van der Waals surface area contributed by atoms with Gasteiger partial charge in [-0.2, -0.15) is 0 Å². The molecule has 0 fully saturated rings. The standard InChI is InChI=1S/C17H31NO3/c1-3-5-7-8-9-10-12-15(14-16(19)20)17(21)18-13-11-6-4-2/h9-10,15H,3-8,11-14H2,1-2H3,(H,18,21)(H,19,20)/b10-9+. The Balaban J connectivity index is 4.11. The molecule has 4 nitrogen and oxygen atoms in total. The molecule has 0 heterocycles. The quantitative estimate of drug-likeness (QED) is 0.400. The van der Waals surface area contributed by atoms with Crippen LogP contribution < -0.4 is 5.32 Å². The van der Waals surface area contributed by atoms with Crippen LogP contribution in [-0.2, 0) is 9.59 Å². The van der Waals surface area contributed by atoms with E-state index in [2.05, 4.69) is 25.2 Å². The number of hydrogen-bond acceptors (Lipinski definition) is 2. The lowest BCUT2D eigenvalue weighted by atomic mass is 9.99. The summed E-state index contributed by atoms with van der Waals surface area (Å²) in [5.74, 6) is -1.50. The minimum absolute atomic E-state index is 0.0983. The zero-order chi connectivity index (χ0) is 15.9. The van der Waals surface area contributed by atoms with Crippen LogP contribution in [0, 0.1) is 5.92 Å². The van der Waals surface area contributed by atoms with Crippen LogP contribution in [0.5, 0.6) is 0 Å². The summed E-state index contributed by atoms with van der Waals surface area (Å²) < 4.78 is 0. The second kappa shape index (κ2) is 13.7. The number of carboxylic acids is 1. The van der Waals surface area contributed by atoms with Gasteiger partial charge < -0.3 is 10.4 Å². The maximum Gasteiger partial charge on any atom is 0.304 e. The molecule has 0 bridgehead atoms. The summed E-state index contributed by atoms with van der Waals surface area (Å²) in [6.45, 7) is 4.91. The van der Waals surface area contributed by atoms with Gasteiger partial charge >= 0.3 is 5.97 Å². The lowest BCUT2D eigenvalue weighted by Gasteiger charge is -2.13. The molecule has 0 saturated carbocycles. The Morgan fingerprint density at radius 2 is 1.71 bits per heavy atom. The Hall–Kier alpha value is -1.32. The van der Waals surface area contributed by atoms with Gasteiger partial charge in [-0.15, -0.1) is 0 Å². The Bertz CT molecular complexity index is 313. The van der Waals surface area contributed by atoms with Crippen molar-refractivity contribution in [2.24, 2.45) is 5.92 Å². The molecular weight excluding hydrogens is 266 g/mol. The first kappa shape index (κ1) is 19.7. The van der Waals surface area contributed by atoms with Crippen molar-refractivity contribution >= 4 is 11.9 Å². The van der Waals surface area contributed by atoms with Gasteiger partial charge in [0.25, 0.3) is 0 Å². The number of carbonyl (C=O) groups is 2. The van der Waals surface area contributed by atoms with E-state index in [9.17, 15) is 9.59 Å². The Morgan fingerprint density at radius 1 is 1.05 bits per heavy atom. The number of aliphatic carboxylic acids is 1. The molecule has 1 unspecified atom stereocenters. The van der Waals surface area contributed by atoms with Crippen LogP contribution in [0.25, 0.3) is 0 Å². The molecule has 21 heavy (non-hydrogen) atoms. The third kappa shape index (κ3) is 12.2. The van der Waals surface area contributed by atoms with Crippen molar-refractivity contribution in [1.82, 2.24) is 5.32 Å². The first-order valence-corrected chi connectivity index (χ1v) is 8.26. The minimum Gasteiger partial charge on any atom is -0.481 e. The monoisotopic (exact) mass is 297 g/mol. The highest BCUT2D eigenvalue weighted by molar-refractivity contribution is 5.83. The van der Waals surface area contributed by atoms with Gasteiger partial charge in [-0.1, -0.05) is 51.7 Å². The molecule has 0 saturated heterocycles. The molecule has 0 aliphatic heterocycles. The summed E-state index contributed by atoms with van der Waals surface area (Å²) in [6.07, 6.45) is 12.1. The van der Waals surface area contributed by atoms with E-state index in [-0.39, 0.29) is 12.3 Å². The number of hydrogen-bond donors (Lipinski definition) is 2. The number of amides is 1. The number of nitrogens with one attached hydrogen (secondary N) is 1. The predicted octanol–water partition coefficient (Wildman–Crippen LogP) is 3.91. The van der Waals surface area contributed by atoms with Crippen LogP contribution in [-0.4, -0.2) is 23.5 Å². The average Bonchev–Trinajstić information content (AvgIpc) is 2.45. The average molecular weight is 297 g/mol. The molecule has 0 aromatic carbocycles. The molecule has 2 N–H and O–H groups in total. The zero-order valence-electron chi connectivity index (χ0n) is 13.6.